The van der Waals surface area contributed by atoms with Gasteiger partial charge < -0.3 is 9.67 Å². The molecule has 0 aromatic carbocycles. The van der Waals surface area contributed by atoms with E-state index in [0.29, 0.717) is 5.82 Å². The molecule has 1 fully saturated rings. The molecule has 1 aromatic rings. The monoisotopic (exact) mass is 209 g/mol. The number of nitrogens with zero attached hydrogens (tertiary/aromatic N) is 3. The van der Waals surface area contributed by atoms with Gasteiger partial charge in [-0.25, -0.2) is 0 Å². The van der Waals surface area contributed by atoms with Crippen molar-refractivity contribution < 1.29 is 5.11 Å². The second kappa shape index (κ2) is 3.93. The van der Waals surface area contributed by atoms with Crippen molar-refractivity contribution in [3.63, 3.8) is 0 Å². The van der Waals surface area contributed by atoms with E-state index in [0.717, 1.165) is 5.82 Å². The Hall–Kier alpha value is -0.900. The SMILES string of the molecule is Cn1c(CO)nnc1C1(C)CCCCC1. The minimum atomic E-state index is -0.0282. The molecule has 0 radical (unpaired) electrons. The number of aromatic nitrogens is 3. The second-order valence-corrected chi connectivity index (χ2v) is 4.78. The largest absolute Gasteiger partial charge is 0.388 e. The zero-order chi connectivity index (χ0) is 10.9. The number of hydrogen-bond donors (Lipinski definition) is 1. The van der Waals surface area contributed by atoms with Crippen LogP contribution in [-0.4, -0.2) is 19.9 Å². The lowest BCUT2D eigenvalue weighted by atomic mass is 9.75. The Kier molecular flexibility index (Phi) is 2.78. The number of hydrogen-bond acceptors (Lipinski definition) is 3. The van der Waals surface area contributed by atoms with Gasteiger partial charge >= 0.3 is 0 Å². The Labute approximate surface area is 90.3 Å². The molecule has 0 bridgehead atoms. The van der Waals surface area contributed by atoms with Crippen LogP contribution in [0.3, 0.4) is 0 Å². The van der Waals surface area contributed by atoms with Crippen LogP contribution in [0.25, 0.3) is 0 Å². The molecule has 0 amide bonds. The van der Waals surface area contributed by atoms with Crippen LogP contribution in [0.5, 0.6) is 0 Å². The van der Waals surface area contributed by atoms with Crippen LogP contribution >= 0.6 is 0 Å². The third-order valence-electron chi connectivity index (χ3n) is 3.60. The van der Waals surface area contributed by atoms with E-state index in [1.165, 1.54) is 32.1 Å². The first-order valence-corrected chi connectivity index (χ1v) is 5.67. The summed E-state index contributed by atoms with van der Waals surface area (Å²) in [5.41, 5.74) is 0.160. The summed E-state index contributed by atoms with van der Waals surface area (Å²) in [6.07, 6.45) is 6.25. The van der Waals surface area contributed by atoms with E-state index in [2.05, 4.69) is 17.1 Å². The summed E-state index contributed by atoms with van der Waals surface area (Å²) in [7, 11) is 1.95. The van der Waals surface area contributed by atoms with Crippen molar-refractivity contribution in [3.8, 4) is 0 Å². The van der Waals surface area contributed by atoms with E-state index >= 15 is 0 Å². The van der Waals surface area contributed by atoms with E-state index in [1.807, 2.05) is 11.6 Å². The van der Waals surface area contributed by atoms with E-state index in [1.54, 1.807) is 0 Å². The molecule has 0 saturated heterocycles. The van der Waals surface area contributed by atoms with Gasteiger partial charge in [0.15, 0.2) is 5.82 Å². The summed E-state index contributed by atoms with van der Waals surface area (Å²) < 4.78 is 1.95. The summed E-state index contributed by atoms with van der Waals surface area (Å²) in [5, 5.41) is 17.3. The Morgan fingerprint density at radius 1 is 1.27 bits per heavy atom. The minimum Gasteiger partial charge on any atom is -0.388 e. The highest BCUT2D eigenvalue weighted by Gasteiger charge is 2.33. The smallest absolute Gasteiger partial charge is 0.158 e. The molecule has 15 heavy (non-hydrogen) atoms. The van der Waals surface area contributed by atoms with Gasteiger partial charge in [-0.1, -0.05) is 26.2 Å². The fourth-order valence-electron chi connectivity index (χ4n) is 2.58. The topological polar surface area (TPSA) is 50.9 Å². The van der Waals surface area contributed by atoms with E-state index in [9.17, 15) is 0 Å². The lowest BCUT2D eigenvalue weighted by molar-refractivity contribution is 0.262. The maximum Gasteiger partial charge on any atom is 0.158 e. The fraction of sp³-hybridized carbons (Fsp3) is 0.818. The average Bonchev–Trinajstić information content (AvgIpc) is 2.61. The molecule has 1 aromatic heterocycles. The van der Waals surface area contributed by atoms with E-state index < -0.39 is 0 Å². The van der Waals surface area contributed by atoms with Gasteiger partial charge in [0, 0.05) is 12.5 Å². The molecule has 1 saturated carbocycles. The molecule has 1 N–H and O–H groups in total. The number of aliphatic hydroxyl groups excluding tert-OH is 1. The number of rotatable bonds is 2. The van der Waals surface area contributed by atoms with Crippen LogP contribution in [0.2, 0.25) is 0 Å². The fourth-order valence-corrected chi connectivity index (χ4v) is 2.58. The molecule has 0 aliphatic heterocycles. The van der Waals surface area contributed by atoms with Crippen LogP contribution in [0.1, 0.15) is 50.7 Å². The first-order valence-electron chi connectivity index (χ1n) is 5.67. The maximum atomic E-state index is 9.09. The predicted molar refractivity (Wildman–Crippen MR) is 57.4 cm³/mol. The Morgan fingerprint density at radius 2 is 1.93 bits per heavy atom. The van der Waals surface area contributed by atoms with Crippen molar-refractivity contribution in [3.05, 3.63) is 11.6 Å². The zero-order valence-corrected chi connectivity index (χ0v) is 9.53. The Bertz CT molecular complexity index is 340. The van der Waals surface area contributed by atoms with Gasteiger partial charge in [-0.05, 0) is 12.8 Å². The molecule has 4 heteroatoms. The van der Waals surface area contributed by atoms with Gasteiger partial charge in [0.2, 0.25) is 0 Å². The summed E-state index contributed by atoms with van der Waals surface area (Å²) in [4.78, 5) is 0. The van der Waals surface area contributed by atoms with Crippen LogP contribution in [0, 0.1) is 0 Å². The van der Waals surface area contributed by atoms with Crippen molar-refractivity contribution in [2.75, 3.05) is 0 Å². The van der Waals surface area contributed by atoms with E-state index in [4.69, 9.17) is 5.11 Å². The van der Waals surface area contributed by atoms with Gasteiger partial charge in [-0.3, -0.25) is 0 Å². The van der Waals surface area contributed by atoms with Crippen molar-refractivity contribution in [1.82, 2.24) is 14.8 Å². The first-order chi connectivity index (χ1) is 7.17. The molecule has 4 nitrogen and oxygen atoms in total. The Balaban J connectivity index is 2.30. The molecule has 0 spiro atoms. The third kappa shape index (κ3) is 1.78. The highest BCUT2D eigenvalue weighted by atomic mass is 16.3. The summed E-state index contributed by atoms with van der Waals surface area (Å²) >= 11 is 0. The van der Waals surface area contributed by atoms with E-state index in [-0.39, 0.29) is 12.0 Å². The Morgan fingerprint density at radius 3 is 2.47 bits per heavy atom. The summed E-state index contributed by atoms with van der Waals surface area (Å²) in [6, 6.07) is 0. The van der Waals surface area contributed by atoms with Crippen molar-refractivity contribution in [2.24, 2.45) is 7.05 Å². The first kappa shape index (κ1) is 10.6. The quantitative estimate of drug-likeness (QED) is 0.803. The van der Waals surface area contributed by atoms with Crippen molar-refractivity contribution >= 4 is 0 Å². The third-order valence-corrected chi connectivity index (χ3v) is 3.60. The van der Waals surface area contributed by atoms with Gasteiger partial charge in [-0.15, -0.1) is 10.2 Å². The molecule has 1 aliphatic rings. The maximum absolute atomic E-state index is 9.09. The molecular formula is C11H19N3O. The standard InChI is InChI=1S/C11H19N3O/c1-11(6-4-3-5-7-11)10-13-12-9(8-15)14(10)2/h15H,3-8H2,1-2H3. The molecule has 2 rings (SSSR count). The lowest BCUT2D eigenvalue weighted by Crippen LogP contribution is -2.28. The van der Waals surface area contributed by atoms with Gasteiger partial charge in [0.25, 0.3) is 0 Å². The lowest BCUT2D eigenvalue weighted by Gasteiger charge is -2.32. The summed E-state index contributed by atoms with van der Waals surface area (Å²) in [5.74, 6) is 1.70. The minimum absolute atomic E-state index is 0.0282. The van der Waals surface area contributed by atoms with Gasteiger partial charge in [0.05, 0.1) is 0 Å². The predicted octanol–water partition coefficient (Wildman–Crippen LogP) is 1.53. The molecule has 1 aliphatic carbocycles. The van der Waals surface area contributed by atoms with Crippen molar-refractivity contribution in [1.29, 1.82) is 0 Å². The second-order valence-electron chi connectivity index (χ2n) is 4.78. The highest BCUT2D eigenvalue weighted by molar-refractivity contribution is 5.09. The molecule has 0 unspecified atom stereocenters. The highest BCUT2D eigenvalue weighted by Crippen LogP contribution is 2.37. The van der Waals surface area contributed by atoms with Crippen LogP contribution in [0.15, 0.2) is 0 Å². The van der Waals surface area contributed by atoms with Gasteiger partial charge in [-0.2, -0.15) is 0 Å². The van der Waals surface area contributed by atoms with Crippen molar-refractivity contribution in [2.45, 2.75) is 51.0 Å². The number of aliphatic hydroxyl groups is 1. The van der Waals surface area contributed by atoms with Crippen LogP contribution in [-0.2, 0) is 19.1 Å². The zero-order valence-electron chi connectivity index (χ0n) is 9.53. The van der Waals surface area contributed by atoms with Crippen LogP contribution in [0.4, 0.5) is 0 Å². The molecular weight excluding hydrogens is 190 g/mol. The molecule has 0 atom stereocenters. The van der Waals surface area contributed by atoms with Crippen LogP contribution < -0.4 is 0 Å². The molecule has 84 valence electrons. The average molecular weight is 209 g/mol. The molecule has 1 heterocycles. The van der Waals surface area contributed by atoms with Gasteiger partial charge in [0.1, 0.15) is 12.4 Å². The summed E-state index contributed by atoms with van der Waals surface area (Å²) in [6.45, 7) is 2.23. The normalized spacial score (nSPS) is 20.5.